The molecule has 0 heterocycles. The molecule has 0 aliphatic heterocycles. The van der Waals surface area contributed by atoms with Crippen LogP contribution in [0.3, 0.4) is 0 Å². The third-order valence-electron chi connectivity index (χ3n) is 4.58. The second kappa shape index (κ2) is 2.21. The maximum Gasteiger partial charge on any atom is 0.137 e. The molecule has 2 saturated carbocycles. The van der Waals surface area contributed by atoms with Crippen molar-refractivity contribution in [3.63, 3.8) is 0 Å². The first kappa shape index (κ1) is 8.46. The average molecular weight is 188 g/mol. The lowest BCUT2D eigenvalue weighted by atomic mass is 9.39. The molecule has 3 aliphatic rings. The summed E-state index contributed by atoms with van der Waals surface area (Å²) in [5.41, 5.74) is 2.99. The number of carbonyl (C=O) groups excluding carboxylic acids is 1. The smallest absolute Gasteiger partial charge is 0.137 e. The molecule has 1 heteroatoms. The normalized spacial score (nSPS) is 48.6. The van der Waals surface area contributed by atoms with Crippen molar-refractivity contribution in [3.8, 4) is 0 Å². The number of hydrogen-bond donors (Lipinski definition) is 0. The van der Waals surface area contributed by atoms with E-state index in [-0.39, 0.29) is 0 Å². The van der Waals surface area contributed by atoms with Crippen LogP contribution in [-0.4, -0.2) is 5.78 Å². The van der Waals surface area contributed by atoms with E-state index < -0.39 is 0 Å². The summed E-state index contributed by atoms with van der Waals surface area (Å²) in [6.07, 6.45) is 4.25. The van der Waals surface area contributed by atoms with Gasteiger partial charge in [0.15, 0.2) is 0 Å². The predicted molar refractivity (Wildman–Crippen MR) is 55.7 cm³/mol. The minimum absolute atomic E-state index is 0.296. The van der Waals surface area contributed by atoms with Crippen molar-refractivity contribution in [2.24, 2.45) is 23.2 Å². The number of allylic oxidation sites excluding steroid dienone is 3. The molecule has 0 N–H and O–H groups in total. The predicted octanol–water partition coefficient (Wildman–Crippen LogP) is 2.73. The molecule has 0 aromatic carbocycles. The third kappa shape index (κ3) is 0.647. The van der Waals surface area contributed by atoms with Gasteiger partial charge in [0, 0.05) is 17.8 Å². The van der Waals surface area contributed by atoms with Crippen molar-refractivity contribution >= 4 is 5.78 Å². The highest BCUT2D eigenvalue weighted by atomic mass is 16.1. The van der Waals surface area contributed by atoms with E-state index in [4.69, 9.17) is 0 Å². The van der Waals surface area contributed by atoms with Gasteiger partial charge in [-0.25, -0.2) is 0 Å². The molecule has 1 unspecified atom stereocenters. The molecule has 0 amide bonds. The zero-order valence-electron chi connectivity index (χ0n) is 8.84. The van der Waals surface area contributed by atoms with Crippen molar-refractivity contribution < 1.29 is 4.79 Å². The van der Waals surface area contributed by atoms with Crippen LogP contribution in [0.25, 0.3) is 0 Å². The molecule has 0 aromatic heterocycles. The zero-order valence-corrected chi connectivity index (χ0v) is 8.84. The topological polar surface area (TPSA) is 17.1 Å². The molecule has 0 aromatic rings. The number of Topliss-reactive ketones (excluding diaryl/α,β-unsaturated/α-hetero) is 1. The van der Waals surface area contributed by atoms with Gasteiger partial charge in [0.2, 0.25) is 0 Å². The summed E-state index contributed by atoms with van der Waals surface area (Å²) in [6, 6.07) is 0. The molecule has 0 saturated heterocycles. The van der Waals surface area contributed by atoms with Gasteiger partial charge in [-0.15, -0.1) is 0 Å². The third-order valence-corrected chi connectivity index (χ3v) is 4.58. The van der Waals surface area contributed by atoms with E-state index >= 15 is 0 Å². The standard InChI is InChI=1S/C13H16O/c1-7(2)10-11-8(3)6-13(11)5-4-9(14)12(10)13/h6,10-12H,1,4-5H2,2-3H3/t10-,11+,12+,13?/m1/s1. The minimum atomic E-state index is 0.296. The Labute approximate surface area is 84.9 Å². The molecule has 1 nitrogen and oxygen atoms in total. The Hall–Kier alpha value is -0.850. The lowest BCUT2D eigenvalue weighted by Crippen LogP contribution is -2.60. The highest BCUT2D eigenvalue weighted by Crippen LogP contribution is 2.73. The summed E-state index contributed by atoms with van der Waals surface area (Å²) in [7, 11) is 0. The van der Waals surface area contributed by atoms with E-state index in [1.165, 1.54) is 11.1 Å². The maximum absolute atomic E-state index is 11.8. The van der Waals surface area contributed by atoms with Crippen LogP contribution in [0.5, 0.6) is 0 Å². The van der Waals surface area contributed by atoms with Crippen LogP contribution >= 0.6 is 0 Å². The summed E-state index contributed by atoms with van der Waals surface area (Å²) >= 11 is 0. The van der Waals surface area contributed by atoms with E-state index in [1.54, 1.807) is 0 Å². The Morgan fingerprint density at radius 2 is 2.29 bits per heavy atom. The zero-order chi connectivity index (χ0) is 10.1. The van der Waals surface area contributed by atoms with Gasteiger partial charge < -0.3 is 0 Å². The van der Waals surface area contributed by atoms with Crippen molar-refractivity contribution in [1.29, 1.82) is 0 Å². The highest BCUT2D eigenvalue weighted by Gasteiger charge is 2.70. The van der Waals surface area contributed by atoms with Gasteiger partial charge in [-0.05, 0) is 32.1 Å². The molecule has 2 fully saturated rings. The van der Waals surface area contributed by atoms with Crippen molar-refractivity contribution in [3.05, 3.63) is 23.8 Å². The lowest BCUT2D eigenvalue weighted by molar-refractivity contribution is -0.134. The monoisotopic (exact) mass is 188 g/mol. The van der Waals surface area contributed by atoms with Crippen LogP contribution in [0.15, 0.2) is 23.8 Å². The van der Waals surface area contributed by atoms with Gasteiger partial charge in [-0.2, -0.15) is 0 Å². The van der Waals surface area contributed by atoms with Crippen molar-refractivity contribution in [2.45, 2.75) is 26.7 Å². The fourth-order valence-corrected chi connectivity index (χ4v) is 4.19. The van der Waals surface area contributed by atoms with Gasteiger partial charge in [0.05, 0.1) is 0 Å². The van der Waals surface area contributed by atoms with E-state index in [0.29, 0.717) is 29.0 Å². The fraction of sp³-hybridized carbons (Fsp3) is 0.615. The van der Waals surface area contributed by atoms with Crippen LogP contribution in [0.2, 0.25) is 0 Å². The van der Waals surface area contributed by atoms with Crippen LogP contribution in [-0.2, 0) is 4.79 Å². The summed E-state index contributed by atoms with van der Waals surface area (Å²) < 4.78 is 0. The highest BCUT2D eigenvalue weighted by molar-refractivity contribution is 5.88. The van der Waals surface area contributed by atoms with Gasteiger partial charge in [-0.3, -0.25) is 4.79 Å². The maximum atomic E-state index is 11.8. The SMILES string of the molecule is C=C(C)[C@H]1[C@@H]2C(=O)CCC23C=C(C)[C@@H]13. The number of hydrogen-bond acceptors (Lipinski definition) is 1. The number of rotatable bonds is 1. The Balaban J connectivity index is 2.04. The first-order chi connectivity index (χ1) is 6.58. The second-order valence-corrected chi connectivity index (χ2v) is 5.29. The second-order valence-electron chi connectivity index (χ2n) is 5.29. The fourth-order valence-electron chi connectivity index (χ4n) is 4.19. The summed E-state index contributed by atoms with van der Waals surface area (Å²) in [6.45, 7) is 8.32. The minimum Gasteiger partial charge on any atom is -0.299 e. The molecular weight excluding hydrogens is 172 g/mol. The first-order valence-electron chi connectivity index (χ1n) is 5.45. The Bertz CT molecular complexity index is 377. The Morgan fingerprint density at radius 1 is 1.57 bits per heavy atom. The molecule has 74 valence electrons. The molecule has 0 radical (unpaired) electrons. The lowest BCUT2D eigenvalue weighted by Gasteiger charge is -2.63. The molecular formula is C13H16O. The van der Waals surface area contributed by atoms with E-state index in [9.17, 15) is 4.79 Å². The van der Waals surface area contributed by atoms with Crippen LogP contribution in [0.1, 0.15) is 26.7 Å². The molecule has 1 spiro atoms. The Kier molecular flexibility index (Phi) is 1.33. The van der Waals surface area contributed by atoms with Crippen molar-refractivity contribution in [2.75, 3.05) is 0 Å². The number of ketones is 1. The summed E-state index contributed by atoms with van der Waals surface area (Å²) in [5.74, 6) is 1.91. The molecule has 3 rings (SSSR count). The summed E-state index contributed by atoms with van der Waals surface area (Å²) in [4.78, 5) is 11.8. The van der Waals surface area contributed by atoms with Crippen LogP contribution in [0.4, 0.5) is 0 Å². The van der Waals surface area contributed by atoms with E-state index in [0.717, 1.165) is 12.8 Å². The quantitative estimate of drug-likeness (QED) is 0.578. The molecule has 14 heavy (non-hydrogen) atoms. The Morgan fingerprint density at radius 3 is 2.86 bits per heavy atom. The van der Waals surface area contributed by atoms with Gasteiger partial charge >= 0.3 is 0 Å². The van der Waals surface area contributed by atoms with Crippen LogP contribution in [0, 0.1) is 23.2 Å². The average Bonchev–Trinajstić information content (AvgIpc) is 2.35. The molecule has 4 atom stereocenters. The largest absolute Gasteiger partial charge is 0.299 e. The first-order valence-corrected chi connectivity index (χ1v) is 5.45. The van der Waals surface area contributed by atoms with Crippen molar-refractivity contribution in [1.82, 2.24) is 0 Å². The van der Waals surface area contributed by atoms with Gasteiger partial charge in [-0.1, -0.05) is 23.8 Å². The number of carbonyl (C=O) groups is 1. The van der Waals surface area contributed by atoms with E-state index in [1.807, 2.05) is 0 Å². The molecule has 3 aliphatic carbocycles. The van der Waals surface area contributed by atoms with Crippen LogP contribution < -0.4 is 0 Å². The summed E-state index contributed by atoms with van der Waals surface area (Å²) in [5, 5.41) is 0. The van der Waals surface area contributed by atoms with Gasteiger partial charge in [0.25, 0.3) is 0 Å². The van der Waals surface area contributed by atoms with Gasteiger partial charge in [0.1, 0.15) is 5.78 Å². The molecule has 0 bridgehead atoms. The van der Waals surface area contributed by atoms with E-state index in [2.05, 4.69) is 26.5 Å².